The molecule has 1 aliphatic rings. The Morgan fingerprint density at radius 2 is 2.10 bits per heavy atom. The summed E-state index contributed by atoms with van der Waals surface area (Å²) >= 11 is 0. The lowest BCUT2D eigenvalue weighted by Crippen LogP contribution is -2.46. The molecular formula is C15H18F3NO2. The molecule has 2 N–H and O–H groups in total. The number of hydrogen-bond acceptors (Lipinski definition) is 2. The van der Waals surface area contributed by atoms with Crippen LogP contribution < -0.4 is 5.32 Å². The van der Waals surface area contributed by atoms with E-state index in [2.05, 4.69) is 5.32 Å². The Bertz CT molecular complexity index is 550. The van der Waals surface area contributed by atoms with E-state index in [4.69, 9.17) is 0 Å². The molecule has 116 valence electrons. The van der Waals surface area contributed by atoms with E-state index in [0.29, 0.717) is 24.8 Å². The molecule has 1 aromatic rings. The van der Waals surface area contributed by atoms with Crippen molar-refractivity contribution in [2.45, 2.75) is 38.2 Å². The van der Waals surface area contributed by atoms with Gasteiger partial charge in [-0.25, -0.2) is 13.2 Å². The van der Waals surface area contributed by atoms with Crippen LogP contribution in [0.1, 0.15) is 43.0 Å². The van der Waals surface area contributed by atoms with Crippen molar-refractivity contribution in [3.8, 4) is 0 Å². The molecule has 2 atom stereocenters. The van der Waals surface area contributed by atoms with Crippen LogP contribution >= 0.6 is 0 Å². The summed E-state index contributed by atoms with van der Waals surface area (Å²) in [6, 6.07) is 1.58. The Hall–Kier alpha value is -1.56. The van der Waals surface area contributed by atoms with E-state index in [9.17, 15) is 23.1 Å². The van der Waals surface area contributed by atoms with Gasteiger partial charge in [0.25, 0.3) is 5.91 Å². The minimum absolute atomic E-state index is 0.0331. The summed E-state index contributed by atoms with van der Waals surface area (Å²) in [7, 11) is 0. The number of nitrogens with one attached hydrogen (secondary N) is 1. The average molecular weight is 301 g/mol. The molecule has 0 aromatic heterocycles. The van der Waals surface area contributed by atoms with Gasteiger partial charge in [-0.3, -0.25) is 4.79 Å². The lowest BCUT2D eigenvalue weighted by atomic mass is 9.79. The van der Waals surface area contributed by atoms with Gasteiger partial charge in [-0.2, -0.15) is 0 Å². The van der Waals surface area contributed by atoms with Gasteiger partial charge in [-0.05, 0) is 30.9 Å². The normalized spacial score (nSPS) is 25.7. The van der Waals surface area contributed by atoms with Crippen LogP contribution in [0.4, 0.5) is 13.2 Å². The standard InChI is InChI=1S/C15H18F3NO2/c1-9-3-2-6-15(21,7-9)8-19-14(20)10-4-5-11(16)13(18)12(10)17/h4-5,9,21H,2-3,6-8H2,1H3,(H,19,20). The van der Waals surface area contributed by atoms with E-state index >= 15 is 0 Å². The Kier molecular flexibility index (Phi) is 4.56. The maximum atomic E-state index is 13.5. The smallest absolute Gasteiger partial charge is 0.254 e. The Morgan fingerprint density at radius 3 is 2.76 bits per heavy atom. The molecule has 1 fully saturated rings. The average Bonchev–Trinajstić information content (AvgIpc) is 2.42. The quantitative estimate of drug-likeness (QED) is 0.843. The van der Waals surface area contributed by atoms with Crippen molar-refractivity contribution in [3.05, 3.63) is 35.1 Å². The van der Waals surface area contributed by atoms with Crippen molar-refractivity contribution in [2.24, 2.45) is 5.92 Å². The van der Waals surface area contributed by atoms with Crippen LogP contribution in [0.15, 0.2) is 12.1 Å². The highest BCUT2D eigenvalue weighted by molar-refractivity contribution is 5.94. The summed E-state index contributed by atoms with van der Waals surface area (Å²) in [4.78, 5) is 11.8. The van der Waals surface area contributed by atoms with Crippen LogP contribution in [-0.2, 0) is 0 Å². The third-order valence-corrected chi connectivity index (χ3v) is 3.93. The number of carbonyl (C=O) groups excluding carboxylic acids is 1. The maximum absolute atomic E-state index is 13.5. The Labute approximate surface area is 121 Å². The van der Waals surface area contributed by atoms with Gasteiger partial charge in [0.15, 0.2) is 17.5 Å². The Morgan fingerprint density at radius 1 is 1.38 bits per heavy atom. The second-order valence-corrected chi connectivity index (χ2v) is 5.83. The second-order valence-electron chi connectivity index (χ2n) is 5.83. The zero-order valence-electron chi connectivity index (χ0n) is 11.8. The van der Waals surface area contributed by atoms with E-state index in [1.807, 2.05) is 6.92 Å². The van der Waals surface area contributed by atoms with E-state index in [1.54, 1.807) is 0 Å². The summed E-state index contributed by atoms with van der Waals surface area (Å²) in [6.07, 6.45) is 2.98. The zero-order chi connectivity index (χ0) is 15.6. The third-order valence-electron chi connectivity index (χ3n) is 3.93. The molecule has 0 aliphatic heterocycles. The van der Waals surface area contributed by atoms with Crippen molar-refractivity contribution in [1.29, 1.82) is 0 Å². The van der Waals surface area contributed by atoms with Crippen molar-refractivity contribution in [3.63, 3.8) is 0 Å². The molecule has 2 unspecified atom stereocenters. The Balaban J connectivity index is 2.04. The summed E-state index contributed by atoms with van der Waals surface area (Å²) in [5.74, 6) is -5.05. The van der Waals surface area contributed by atoms with Crippen molar-refractivity contribution in [1.82, 2.24) is 5.32 Å². The molecule has 0 saturated heterocycles. The topological polar surface area (TPSA) is 49.3 Å². The van der Waals surface area contributed by atoms with Gasteiger partial charge in [-0.1, -0.05) is 19.8 Å². The molecule has 0 heterocycles. The lowest BCUT2D eigenvalue weighted by Gasteiger charge is -2.35. The largest absolute Gasteiger partial charge is 0.388 e. The first-order chi connectivity index (χ1) is 9.82. The van der Waals surface area contributed by atoms with Gasteiger partial charge in [0, 0.05) is 6.54 Å². The second kappa shape index (κ2) is 6.05. The fourth-order valence-corrected chi connectivity index (χ4v) is 2.83. The van der Waals surface area contributed by atoms with Gasteiger partial charge >= 0.3 is 0 Å². The number of rotatable bonds is 3. The summed E-state index contributed by atoms with van der Waals surface area (Å²) < 4.78 is 39.4. The van der Waals surface area contributed by atoms with Crippen LogP contribution in [0.25, 0.3) is 0 Å². The predicted molar refractivity (Wildman–Crippen MR) is 71.2 cm³/mol. The first-order valence-corrected chi connectivity index (χ1v) is 6.96. The molecule has 21 heavy (non-hydrogen) atoms. The number of aliphatic hydroxyl groups is 1. The minimum Gasteiger partial charge on any atom is -0.388 e. The van der Waals surface area contributed by atoms with Crippen LogP contribution in [-0.4, -0.2) is 23.2 Å². The van der Waals surface area contributed by atoms with Gasteiger partial charge in [0.2, 0.25) is 0 Å². The number of carbonyl (C=O) groups is 1. The van der Waals surface area contributed by atoms with E-state index in [-0.39, 0.29) is 6.54 Å². The molecule has 1 saturated carbocycles. The monoisotopic (exact) mass is 301 g/mol. The predicted octanol–water partition coefficient (Wildman–Crippen LogP) is 2.77. The van der Waals surface area contributed by atoms with Crippen LogP contribution in [0, 0.1) is 23.4 Å². The van der Waals surface area contributed by atoms with Crippen LogP contribution in [0.3, 0.4) is 0 Å². The number of halogens is 3. The highest BCUT2D eigenvalue weighted by atomic mass is 19.2. The lowest BCUT2D eigenvalue weighted by molar-refractivity contribution is -0.0109. The highest BCUT2D eigenvalue weighted by Crippen LogP contribution is 2.31. The zero-order valence-corrected chi connectivity index (χ0v) is 11.8. The van der Waals surface area contributed by atoms with Gasteiger partial charge in [0.05, 0.1) is 11.2 Å². The molecular weight excluding hydrogens is 283 g/mol. The summed E-state index contributed by atoms with van der Waals surface area (Å²) in [5, 5.41) is 12.8. The SMILES string of the molecule is CC1CCCC(O)(CNC(=O)c2ccc(F)c(F)c2F)C1. The third kappa shape index (κ3) is 3.56. The van der Waals surface area contributed by atoms with Gasteiger partial charge in [-0.15, -0.1) is 0 Å². The van der Waals surface area contributed by atoms with Crippen LogP contribution in [0.2, 0.25) is 0 Å². The molecule has 0 bridgehead atoms. The summed E-state index contributed by atoms with van der Waals surface area (Å²) in [6.45, 7) is 1.98. The first kappa shape index (κ1) is 15.8. The van der Waals surface area contributed by atoms with Gasteiger partial charge < -0.3 is 10.4 Å². The van der Waals surface area contributed by atoms with E-state index in [1.165, 1.54) is 0 Å². The molecule has 1 aliphatic carbocycles. The summed E-state index contributed by atoms with van der Waals surface area (Å²) in [5.41, 5.74) is -1.59. The molecule has 2 rings (SSSR count). The molecule has 3 nitrogen and oxygen atoms in total. The fourth-order valence-electron chi connectivity index (χ4n) is 2.83. The maximum Gasteiger partial charge on any atom is 0.254 e. The highest BCUT2D eigenvalue weighted by Gasteiger charge is 2.33. The molecule has 1 aromatic carbocycles. The van der Waals surface area contributed by atoms with Crippen molar-refractivity contribution < 1.29 is 23.1 Å². The van der Waals surface area contributed by atoms with Crippen molar-refractivity contribution in [2.75, 3.05) is 6.54 Å². The number of benzene rings is 1. The number of hydrogen-bond donors (Lipinski definition) is 2. The molecule has 0 spiro atoms. The molecule has 1 amide bonds. The number of amides is 1. The van der Waals surface area contributed by atoms with Crippen LogP contribution in [0.5, 0.6) is 0 Å². The van der Waals surface area contributed by atoms with E-state index in [0.717, 1.165) is 18.9 Å². The molecule has 6 heteroatoms. The van der Waals surface area contributed by atoms with Gasteiger partial charge in [0.1, 0.15) is 0 Å². The fraction of sp³-hybridized carbons (Fsp3) is 0.533. The van der Waals surface area contributed by atoms with E-state index < -0.39 is 34.5 Å². The minimum atomic E-state index is -1.67. The van der Waals surface area contributed by atoms with Crippen molar-refractivity contribution >= 4 is 5.91 Å². The first-order valence-electron chi connectivity index (χ1n) is 6.96. The molecule has 0 radical (unpaired) electrons.